The zero-order valence-corrected chi connectivity index (χ0v) is 14.9. The van der Waals surface area contributed by atoms with Crippen molar-refractivity contribution < 1.29 is 4.79 Å². The molecular formula is C19H15BrN4O. The minimum atomic E-state index is -0.275. The van der Waals surface area contributed by atoms with Crippen molar-refractivity contribution in [2.75, 3.05) is 16.8 Å². The Kier molecular flexibility index (Phi) is 4.19. The molecule has 0 bridgehead atoms. The highest BCUT2D eigenvalue weighted by Crippen LogP contribution is 2.32. The van der Waals surface area contributed by atoms with Crippen LogP contribution < -0.4 is 10.2 Å². The predicted octanol–water partition coefficient (Wildman–Crippen LogP) is 4.19. The number of nitrogens with zero attached hydrogens (tertiary/aromatic N) is 3. The van der Waals surface area contributed by atoms with E-state index in [1.807, 2.05) is 36.4 Å². The van der Waals surface area contributed by atoms with Crippen LogP contribution in [0.2, 0.25) is 0 Å². The second kappa shape index (κ2) is 6.64. The number of anilines is 3. The van der Waals surface area contributed by atoms with Crippen LogP contribution in [0.5, 0.6) is 0 Å². The number of amides is 1. The van der Waals surface area contributed by atoms with Crippen molar-refractivity contribution in [1.29, 1.82) is 0 Å². The zero-order chi connectivity index (χ0) is 17.2. The molecule has 0 saturated heterocycles. The third-order valence-electron chi connectivity index (χ3n) is 4.14. The van der Waals surface area contributed by atoms with Gasteiger partial charge >= 0.3 is 0 Å². The minimum absolute atomic E-state index is 0.275. The van der Waals surface area contributed by atoms with E-state index >= 15 is 0 Å². The lowest BCUT2D eigenvalue weighted by atomic mass is 10.2. The lowest BCUT2D eigenvalue weighted by Crippen LogP contribution is -2.18. The van der Waals surface area contributed by atoms with E-state index in [0.29, 0.717) is 11.4 Å². The van der Waals surface area contributed by atoms with E-state index in [1.165, 1.54) is 11.8 Å². The summed E-state index contributed by atoms with van der Waals surface area (Å²) in [5.74, 6) is 0.480. The number of carbonyl (C=O) groups excluding carboxylic acids is 1. The van der Waals surface area contributed by atoms with Crippen LogP contribution in [0.1, 0.15) is 16.1 Å². The molecule has 1 aromatic heterocycles. The molecule has 124 valence electrons. The van der Waals surface area contributed by atoms with Gasteiger partial charge in [0.15, 0.2) is 5.82 Å². The number of aromatic nitrogens is 2. The highest BCUT2D eigenvalue weighted by molar-refractivity contribution is 9.10. The Morgan fingerprint density at radius 2 is 1.84 bits per heavy atom. The Hall–Kier alpha value is -2.73. The molecule has 2 heterocycles. The summed E-state index contributed by atoms with van der Waals surface area (Å²) >= 11 is 3.37. The molecule has 0 saturated carbocycles. The minimum Gasteiger partial charge on any atom is -0.325 e. The highest BCUT2D eigenvalue weighted by atomic mass is 79.9. The van der Waals surface area contributed by atoms with Crippen molar-refractivity contribution in [1.82, 2.24) is 9.97 Å². The van der Waals surface area contributed by atoms with Crippen LogP contribution >= 0.6 is 15.9 Å². The average Bonchev–Trinajstić information content (AvgIpc) is 3.08. The van der Waals surface area contributed by atoms with Gasteiger partial charge in [0.2, 0.25) is 0 Å². The molecule has 4 rings (SSSR count). The van der Waals surface area contributed by atoms with Crippen LogP contribution in [0.3, 0.4) is 0 Å². The van der Waals surface area contributed by atoms with Gasteiger partial charge in [-0.2, -0.15) is 0 Å². The average molecular weight is 395 g/mol. The van der Waals surface area contributed by atoms with Gasteiger partial charge in [0.1, 0.15) is 5.69 Å². The van der Waals surface area contributed by atoms with Gasteiger partial charge in [-0.1, -0.05) is 34.1 Å². The van der Waals surface area contributed by atoms with E-state index in [2.05, 4.69) is 48.2 Å². The molecule has 0 atom stereocenters. The molecule has 2 aromatic carbocycles. The number of hydrogen-bond acceptors (Lipinski definition) is 4. The Bertz CT molecular complexity index is 909. The number of benzene rings is 2. The molecule has 1 N–H and O–H groups in total. The van der Waals surface area contributed by atoms with Crippen molar-refractivity contribution in [3.63, 3.8) is 0 Å². The molecule has 0 radical (unpaired) electrons. The molecule has 1 aliphatic rings. The zero-order valence-electron chi connectivity index (χ0n) is 13.3. The number of fused-ring (bicyclic) bond motifs is 1. The molecular weight excluding hydrogens is 380 g/mol. The van der Waals surface area contributed by atoms with E-state index in [9.17, 15) is 4.79 Å². The van der Waals surface area contributed by atoms with Gasteiger partial charge in [-0.3, -0.25) is 4.79 Å². The fourth-order valence-corrected chi connectivity index (χ4v) is 3.15. The van der Waals surface area contributed by atoms with E-state index in [4.69, 9.17) is 0 Å². The molecule has 1 aliphatic heterocycles. The summed E-state index contributed by atoms with van der Waals surface area (Å²) in [5.41, 5.74) is 3.47. The molecule has 0 fully saturated rings. The highest BCUT2D eigenvalue weighted by Gasteiger charge is 2.21. The number of rotatable bonds is 3. The van der Waals surface area contributed by atoms with Crippen molar-refractivity contribution in [2.24, 2.45) is 0 Å². The third-order valence-corrected chi connectivity index (χ3v) is 4.67. The van der Waals surface area contributed by atoms with Gasteiger partial charge in [0, 0.05) is 22.4 Å². The standard InChI is InChI=1S/C19H15BrN4O/c20-14-5-7-15(8-6-14)23-19(25)16-11-22-18(12-21-16)24-10-9-13-3-1-2-4-17(13)24/h1-8,11-12H,9-10H2,(H,23,25). The van der Waals surface area contributed by atoms with Crippen molar-refractivity contribution >= 4 is 39.0 Å². The Balaban J connectivity index is 1.50. The van der Waals surface area contributed by atoms with Gasteiger partial charge < -0.3 is 10.2 Å². The molecule has 5 nitrogen and oxygen atoms in total. The number of nitrogens with one attached hydrogen (secondary N) is 1. The van der Waals surface area contributed by atoms with Crippen LogP contribution in [-0.2, 0) is 6.42 Å². The van der Waals surface area contributed by atoms with Gasteiger partial charge in [-0.15, -0.1) is 0 Å². The van der Waals surface area contributed by atoms with Crippen molar-refractivity contribution in [3.8, 4) is 0 Å². The molecule has 25 heavy (non-hydrogen) atoms. The molecule has 6 heteroatoms. The maximum absolute atomic E-state index is 12.3. The van der Waals surface area contributed by atoms with E-state index in [1.54, 1.807) is 6.20 Å². The first-order valence-corrected chi connectivity index (χ1v) is 8.74. The second-order valence-electron chi connectivity index (χ2n) is 5.75. The summed E-state index contributed by atoms with van der Waals surface area (Å²) in [4.78, 5) is 23.1. The third kappa shape index (κ3) is 3.25. The lowest BCUT2D eigenvalue weighted by molar-refractivity contribution is 0.102. The summed E-state index contributed by atoms with van der Waals surface area (Å²) in [5, 5.41) is 2.81. The Morgan fingerprint density at radius 3 is 2.60 bits per heavy atom. The maximum atomic E-state index is 12.3. The van der Waals surface area contributed by atoms with Crippen LogP contribution in [-0.4, -0.2) is 22.4 Å². The number of para-hydroxylation sites is 1. The first-order chi connectivity index (χ1) is 12.2. The molecule has 3 aromatic rings. The predicted molar refractivity (Wildman–Crippen MR) is 101 cm³/mol. The van der Waals surface area contributed by atoms with Gasteiger partial charge in [0.25, 0.3) is 5.91 Å². The summed E-state index contributed by atoms with van der Waals surface area (Å²) in [7, 11) is 0. The largest absolute Gasteiger partial charge is 0.325 e. The summed E-state index contributed by atoms with van der Waals surface area (Å²) in [6.07, 6.45) is 4.16. The van der Waals surface area contributed by atoms with E-state index in [-0.39, 0.29) is 5.91 Å². The monoisotopic (exact) mass is 394 g/mol. The van der Waals surface area contributed by atoms with Gasteiger partial charge in [0.05, 0.1) is 12.4 Å². The normalized spacial score (nSPS) is 12.8. The fourth-order valence-electron chi connectivity index (χ4n) is 2.88. The quantitative estimate of drug-likeness (QED) is 0.723. The van der Waals surface area contributed by atoms with Crippen LogP contribution in [0.25, 0.3) is 0 Å². The smallest absolute Gasteiger partial charge is 0.275 e. The van der Waals surface area contributed by atoms with E-state index < -0.39 is 0 Å². The fraction of sp³-hybridized carbons (Fsp3) is 0.105. The number of carbonyl (C=O) groups is 1. The van der Waals surface area contributed by atoms with Gasteiger partial charge in [-0.05, 0) is 42.3 Å². The SMILES string of the molecule is O=C(Nc1ccc(Br)cc1)c1cnc(N2CCc3ccccc32)cn1. The molecule has 1 amide bonds. The van der Waals surface area contributed by atoms with E-state index in [0.717, 1.165) is 28.9 Å². The summed E-state index contributed by atoms with van der Waals surface area (Å²) in [6, 6.07) is 15.7. The second-order valence-corrected chi connectivity index (χ2v) is 6.67. The number of halogens is 1. The van der Waals surface area contributed by atoms with Gasteiger partial charge in [-0.25, -0.2) is 9.97 Å². The topological polar surface area (TPSA) is 58.1 Å². The maximum Gasteiger partial charge on any atom is 0.275 e. The molecule has 0 spiro atoms. The lowest BCUT2D eigenvalue weighted by Gasteiger charge is -2.17. The van der Waals surface area contributed by atoms with Crippen molar-refractivity contribution in [3.05, 3.63) is 76.7 Å². The first kappa shape index (κ1) is 15.8. The van der Waals surface area contributed by atoms with Crippen molar-refractivity contribution in [2.45, 2.75) is 6.42 Å². The van der Waals surface area contributed by atoms with Crippen LogP contribution in [0.15, 0.2) is 65.4 Å². The number of hydrogen-bond donors (Lipinski definition) is 1. The summed E-state index contributed by atoms with van der Waals surface area (Å²) in [6.45, 7) is 0.873. The van der Waals surface area contributed by atoms with Crippen LogP contribution in [0, 0.1) is 0 Å². The summed E-state index contributed by atoms with van der Waals surface area (Å²) < 4.78 is 0.959. The Morgan fingerprint density at radius 1 is 1.04 bits per heavy atom. The van der Waals surface area contributed by atoms with Crippen LogP contribution in [0.4, 0.5) is 17.2 Å². The Labute approximate surface area is 153 Å². The first-order valence-electron chi connectivity index (χ1n) is 7.95. The molecule has 0 unspecified atom stereocenters. The molecule has 0 aliphatic carbocycles.